The first-order chi connectivity index (χ1) is 12.7. The number of aromatic nitrogens is 3. The lowest BCUT2D eigenvalue weighted by Gasteiger charge is -2.10. The van der Waals surface area contributed by atoms with E-state index < -0.39 is 0 Å². The number of amides is 1. The minimum atomic E-state index is -0.269. The van der Waals surface area contributed by atoms with Crippen LogP contribution in [0.15, 0.2) is 55.0 Å². The molecule has 0 aliphatic rings. The number of carbonyl (C=O) groups is 1. The van der Waals surface area contributed by atoms with E-state index in [-0.39, 0.29) is 12.5 Å². The van der Waals surface area contributed by atoms with E-state index in [1.807, 2.05) is 35.9 Å². The molecule has 0 radical (unpaired) electrons. The number of imidazole rings is 1. The SMILES string of the molecule is Cc1nccn1-c1cc(CNC(=O)COc2ccccc2C#N)ccn1. The first kappa shape index (κ1) is 17.2. The number of nitrogens with one attached hydrogen (secondary N) is 1. The van der Waals surface area contributed by atoms with Gasteiger partial charge in [-0.3, -0.25) is 9.36 Å². The van der Waals surface area contributed by atoms with Crippen molar-refractivity contribution in [3.05, 3.63) is 71.9 Å². The lowest BCUT2D eigenvalue weighted by molar-refractivity contribution is -0.123. The highest BCUT2D eigenvalue weighted by molar-refractivity contribution is 5.77. The molecule has 1 N–H and O–H groups in total. The number of ether oxygens (including phenoxy) is 1. The van der Waals surface area contributed by atoms with Crippen molar-refractivity contribution in [3.63, 3.8) is 0 Å². The van der Waals surface area contributed by atoms with E-state index >= 15 is 0 Å². The van der Waals surface area contributed by atoms with Gasteiger partial charge in [0.2, 0.25) is 0 Å². The van der Waals surface area contributed by atoms with Crippen molar-refractivity contribution in [2.45, 2.75) is 13.5 Å². The lowest BCUT2D eigenvalue weighted by atomic mass is 10.2. The monoisotopic (exact) mass is 347 g/mol. The third kappa shape index (κ3) is 4.05. The molecule has 2 heterocycles. The number of benzene rings is 1. The van der Waals surface area contributed by atoms with E-state index in [1.54, 1.807) is 36.7 Å². The minimum absolute atomic E-state index is 0.155. The second-order valence-corrected chi connectivity index (χ2v) is 5.54. The molecule has 1 aromatic carbocycles. The summed E-state index contributed by atoms with van der Waals surface area (Å²) in [6.07, 6.45) is 5.23. The molecule has 0 unspecified atom stereocenters. The number of nitrogens with zero attached hydrogens (tertiary/aromatic N) is 4. The molecule has 3 rings (SSSR count). The fraction of sp³-hybridized carbons (Fsp3) is 0.158. The Morgan fingerprint density at radius 3 is 2.88 bits per heavy atom. The molecular formula is C19H17N5O2. The number of pyridine rings is 1. The number of carbonyl (C=O) groups excluding carboxylic acids is 1. The van der Waals surface area contributed by atoms with Crippen LogP contribution >= 0.6 is 0 Å². The molecule has 2 aromatic heterocycles. The van der Waals surface area contributed by atoms with Crippen molar-refractivity contribution in [1.29, 1.82) is 5.26 Å². The topological polar surface area (TPSA) is 92.8 Å². The summed E-state index contributed by atoms with van der Waals surface area (Å²) in [4.78, 5) is 20.5. The van der Waals surface area contributed by atoms with Gasteiger partial charge in [-0.25, -0.2) is 9.97 Å². The van der Waals surface area contributed by atoms with Crippen molar-refractivity contribution in [1.82, 2.24) is 19.9 Å². The Morgan fingerprint density at radius 2 is 2.12 bits per heavy atom. The summed E-state index contributed by atoms with van der Waals surface area (Å²) in [6.45, 7) is 2.09. The maximum Gasteiger partial charge on any atom is 0.258 e. The van der Waals surface area contributed by atoms with Gasteiger partial charge in [-0.2, -0.15) is 5.26 Å². The van der Waals surface area contributed by atoms with E-state index in [0.29, 0.717) is 17.9 Å². The fourth-order valence-electron chi connectivity index (χ4n) is 2.40. The Labute approximate surface area is 150 Å². The van der Waals surface area contributed by atoms with Crippen LogP contribution in [0.1, 0.15) is 17.0 Å². The molecule has 0 fully saturated rings. The van der Waals surface area contributed by atoms with Crippen LogP contribution in [0.4, 0.5) is 0 Å². The van der Waals surface area contributed by atoms with Gasteiger partial charge < -0.3 is 10.1 Å². The molecule has 1 amide bonds. The highest BCUT2D eigenvalue weighted by Gasteiger charge is 2.07. The van der Waals surface area contributed by atoms with Gasteiger partial charge in [0.1, 0.15) is 23.5 Å². The quantitative estimate of drug-likeness (QED) is 0.737. The zero-order chi connectivity index (χ0) is 18.4. The fourth-order valence-corrected chi connectivity index (χ4v) is 2.40. The van der Waals surface area contributed by atoms with Crippen molar-refractivity contribution in [2.75, 3.05) is 6.61 Å². The van der Waals surface area contributed by atoms with Crippen LogP contribution in [0.3, 0.4) is 0 Å². The second kappa shape index (κ2) is 7.94. The zero-order valence-corrected chi connectivity index (χ0v) is 14.2. The van der Waals surface area contributed by atoms with Gasteiger partial charge in [0.25, 0.3) is 5.91 Å². The third-order valence-corrected chi connectivity index (χ3v) is 3.74. The normalized spacial score (nSPS) is 10.2. The first-order valence-corrected chi connectivity index (χ1v) is 8.01. The number of para-hydroxylation sites is 1. The van der Waals surface area contributed by atoms with Gasteiger partial charge in [0, 0.05) is 25.1 Å². The summed E-state index contributed by atoms with van der Waals surface area (Å²) < 4.78 is 7.29. The van der Waals surface area contributed by atoms with E-state index in [0.717, 1.165) is 17.2 Å². The van der Waals surface area contributed by atoms with Gasteiger partial charge in [0.05, 0.1) is 5.56 Å². The Bertz CT molecular complexity index is 958. The van der Waals surface area contributed by atoms with Crippen LogP contribution < -0.4 is 10.1 Å². The average Bonchev–Trinajstić information content (AvgIpc) is 3.11. The molecule has 0 aliphatic heterocycles. The Balaban J connectivity index is 1.57. The van der Waals surface area contributed by atoms with Crippen molar-refractivity contribution >= 4 is 5.91 Å². The Morgan fingerprint density at radius 1 is 1.27 bits per heavy atom. The zero-order valence-electron chi connectivity index (χ0n) is 14.2. The molecule has 0 aliphatic carbocycles. The smallest absolute Gasteiger partial charge is 0.258 e. The van der Waals surface area contributed by atoms with Crippen LogP contribution in [-0.4, -0.2) is 27.0 Å². The van der Waals surface area contributed by atoms with Crippen molar-refractivity contribution < 1.29 is 9.53 Å². The molecule has 26 heavy (non-hydrogen) atoms. The van der Waals surface area contributed by atoms with E-state index in [9.17, 15) is 4.79 Å². The minimum Gasteiger partial charge on any atom is -0.482 e. The largest absolute Gasteiger partial charge is 0.482 e. The molecule has 0 saturated carbocycles. The van der Waals surface area contributed by atoms with Gasteiger partial charge in [-0.15, -0.1) is 0 Å². The predicted octanol–water partition coefficient (Wildman–Crippen LogP) is 2.14. The number of hydrogen-bond acceptors (Lipinski definition) is 5. The molecule has 130 valence electrons. The van der Waals surface area contributed by atoms with E-state index in [2.05, 4.69) is 15.3 Å². The maximum atomic E-state index is 12.0. The van der Waals surface area contributed by atoms with Crippen LogP contribution in [0.25, 0.3) is 5.82 Å². The summed E-state index contributed by atoms with van der Waals surface area (Å²) in [7, 11) is 0. The van der Waals surface area contributed by atoms with Gasteiger partial charge in [0.15, 0.2) is 6.61 Å². The molecular weight excluding hydrogens is 330 g/mol. The van der Waals surface area contributed by atoms with Gasteiger partial charge >= 0.3 is 0 Å². The van der Waals surface area contributed by atoms with Gasteiger partial charge in [-0.05, 0) is 36.8 Å². The predicted molar refractivity (Wildman–Crippen MR) is 94.6 cm³/mol. The Kier molecular flexibility index (Phi) is 5.25. The van der Waals surface area contributed by atoms with E-state index in [1.165, 1.54) is 0 Å². The first-order valence-electron chi connectivity index (χ1n) is 8.01. The van der Waals surface area contributed by atoms with E-state index in [4.69, 9.17) is 10.00 Å². The Hall–Kier alpha value is -3.66. The summed E-state index contributed by atoms with van der Waals surface area (Å²) >= 11 is 0. The molecule has 7 nitrogen and oxygen atoms in total. The second-order valence-electron chi connectivity index (χ2n) is 5.54. The summed E-state index contributed by atoms with van der Waals surface area (Å²) in [5.74, 6) is 1.70. The highest BCUT2D eigenvalue weighted by atomic mass is 16.5. The average molecular weight is 347 g/mol. The van der Waals surface area contributed by atoms with Crippen molar-refractivity contribution in [3.8, 4) is 17.6 Å². The number of nitriles is 1. The summed E-state index contributed by atoms with van der Waals surface area (Å²) in [5, 5.41) is 11.8. The van der Waals surface area contributed by atoms with Crippen LogP contribution in [-0.2, 0) is 11.3 Å². The molecule has 0 saturated heterocycles. The molecule has 0 spiro atoms. The summed E-state index contributed by atoms with van der Waals surface area (Å²) in [5.41, 5.74) is 1.31. The van der Waals surface area contributed by atoms with Crippen molar-refractivity contribution in [2.24, 2.45) is 0 Å². The van der Waals surface area contributed by atoms with Crippen LogP contribution in [0, 0.1) is 18.3 Å². The molecule has 0 bridgehead atoms. The third-order valence-electron chi connectivity index (χ3n) is 3.74. The number of rotatable bonds is 6. The molecule has 7 heteroatoms. The molecule has 0 atom stereocenters. The number of hydrogen-bond donors (Lipinski definition) is 1. The lowest BCUT2D eigenvalue weighted by Crippen LogP contribution is -2.28. The van der Waals surface area contributed by atoms with Gasteiger partial charge in [-0.1, -0.05) is 12.1 Å². The highest BCUT2D eigenvalue weighted by Crippen LogP contribution is 2.16. The van der Waals surface area contributed by atoms with Crippen LogP contribution in [0.5, 0.6) is 5.75 Å². The summed E-state index contributed by atoms with van der Waals surface area (Å²) in [6, 6.07) is 12.6. The maximum absolute atomic E-state index is 12.0. The molecule has 3 aromatic rings. The van der Waals surface area contributed by atoms with Crippen LogP contribution in [0.2, 0.25) is 0 Å². The standard InChI is InChI=1S/C19H17N5O2/c1-14-21-8-9-24(14)18-10-15(6-7-22-18)12-23-19(25)13-26-17-5-3-2-4-16(17)11-20/h2-10H,12-13H2,1H3,(H,23,25). The number of aryl methyl sites for hydroxylation is 1.